The average molecular weight is 312 g/mol. The highest BCUT2D eigenvalue weighted by molar-refractivity contribution is 9.10. The van der Waals surface area contributed by atoms with Gasteiger partial charge in [-0.15, -0.1) is 0 Å². The highest BCUT2D eigenvalue weighted by Crippen LogP contribution is 2.22. The standard InChI is InChI=1S/C13H15BrFN3/c1-18-7-6-17-13(18)5-4-12(16)9-2-3-11(15)10(14)8-9/h2-3,6-8,12H,4-5,16H2,1H3. The van der Waals surface area contributed by atoms with Crippen molar-refractivity contribution < 1.29 is 4.39 Å². The largest absolute Gasteiger partial charge is 0.338 e. The van der Waals surface area contributed by atoms with Crippen molar-refractivity contribution in [1.82, 2.24) is 9.55 Å². The molecule has 96 valence electrons. The van der Waals surface area contributed by atoms with Gasteiger partial charge in [0.1, 0.15) is 11.6 Å². The Morgan fingerprint density at radius 1 is 1.50 bits per heavy atom. The summed E-state index contributed by atoms with van der Waals surface area (Å²) in [5, 5.41) is 0. The van der Waals surface area contributed by atoms with Crippen LogP contribution in [0.1, 0.15) is 23.9 Å². The van der Waals surface area contributed by atoms with Crippen molar-refractivity contribution in [2.75, 3.05) is 0 Å². The Morgan fingerprint density at radius 3 is 2.89 bits per heavy atom. The van der Waals surface area contributed by atoms with Crippen molar-refractivity contribution in [2.45, 2.75) is 18.9 Å². The predicted molar refractivity (Wildman–Crippen MR) is 72.6 cm³/mol. The zero-order valence-corrected chi connectivity index (χ0v) is 11.7. The fourth-order valence-corrected chi connectivity index (χ4v) is 2.23. The van der Waals surface area contributed by atoms with Crippen molar-refractivity contribution >= 4 is 15.9 Å². The number of halogens is 2. The van der Waals surface area contributed by atoms with E-state index >= 15 is 0 Å². The van der Waals surface area contributed by atoms with Gasteiger partial charge in [0.2, 0.25) is 0 Å². The van der Waals surface area contributed by atoms with Crippen molar-refractivity contribution in [3.63, 3.8) is 0 Å². The van der Waals surface area contributed by atoms with Gasteiger partial charge in [0.25, 0.3) is 0 Å². The highest BCUT2D eigenvalue weighted by Gasteiger charge is 2.10. The number of aromatic nitrogens is 2. The Kier molecular flexibility index (Phi) is 4.14. The lowest BCUT2D eigenvalue weighted by Crippen LogP contribution is -2.12. The monoisotopic (exact) mass is 311 g/mol. The molecular weight excluding hydrogens is 297 g/mol. The van der Waals surface area contributed by atoms with Gasteiger partial charge in [0.05, 0.1) is 4.47 Å². The Balaban J connectivity index is 2.01. The first-order valence-electron chi connectivity index (χ1n) is 5.74. The molecule has 0 aliphatic rings. The van der Waals surface area contributed by atoms with Crippen LogP contribution in [-0.4, -0.2) is 9.55 Å². The minimum absolute atomic E-state index is 0.112. The molecule has 0 saturated heterocycles. The smallest absolute Gasteiger partial charge is 0.137 e. The van der Waals surface area contributed by atoms with E-state index in [1.807, 2.05) is 17.8 Å². The Labute approximate surface area is 114 Å². The molecule has 1 unspecified atom stereocenters. The number of nitrogens with zero attached hydrogens (tertiary/aromatic N) is 2. The second kappa shape index (κ2) is 5.63. The third kappa shape index (κ3) is 2.97. The van der Waals surface area contributed by atoms with E-state index in [0.717, 1.165) is 24.2 Å². The van der Waals surface area contributed by atoms with Crippen molar-refractivity contribution in [1.29, 1.82) is 0 Å². The third-order valence-electron chi connectivity index (χ3n) is 2.97. The molecule has 0 amide bonds. The molecule has 2 aromatic rings. The van der Waals surface area contributed by atoms with Crippen LogP contribution in [-0.2, 0) is 13.5 Å². The van der Waals surface area contributed by atoms with E-state index in [9.17, 15) is 4.39 Å². The van der Waals surface area contributed by atoms with Crippen LogP contribution in [0.2, 0.25) is 0 Å². The number of imidazole rings is 1. The van der Waals surface area contributed by atoms with Crippen LogP contribution in [0.25, 0.3) is 0 Å². The summed E-state index contributed by atoms with van der Waals surface area (Å²) >= 11 is 3.17. The summed E-state index contributed by atoms with van der Waals surface area (Å²) in [6.07, 6.45) is 5.27. The SMILES string of the molecule is Cn1ccnc1CCC(N)c1ccc(F)c(Br)c1. The summed E-state index contributed by atoms with van der Waals surface area (Å²) in [6.45, 7) is 0. The summed E-state index contributed by atoms with van der Waals surface area (Å²) in [7, 11) is 1.96. The minimum Gasteiger partial charge on any atom is -0.338 e. The van der Waals surface area contributed by atoms with Crippen molar-refractivity contribution in [3.05, 3.63) is 52.3 Å². The zero-order chi connectivity index (χ0) is 13.1. The molecule has 1 aromatic carbocycles. The maximum atomic E-state index is 13.1. The van der Waals surface area contributed by atoms with Gasteiger partial charge in [0, 0.05) is 31.9 Å². The van der Waals surface area contributed by atoms with Crippen LogP contribution in [0.5, 0.6) is 0 Å². The summed E-state index contributed by atoms with van der Waals surface area (Å²) in [5.74, 6) is 0.738. The van der Waals surface area contributed by atoms with E-state index in [-0.39, 0.29) is 11.9 Å². The summed E-state index contributed by atoms with van der Waals surface area (Å²) in [6, 6.07) is 4.78. The molecule has 0 bridgehead atoms. The number of benzene rings is 1. The second-order valence-electron chi connectivity index (χ2n) is 4.27. The first kappa shape index (κ1) is 13.2. The van der Waals surface area contributed by atoms with Gasteiger partial charge in [-0.05, 0) is 40.0 Å². The van der Waals surface area contributed by atoms with Crippen molar-refractivity contribution in [3.8, 4) is 0 Å². The molecule has 0 aliphatic heterocycles. The molecular formula is C13H15BrFN3. The Morgan fingerprint density at radius 2 is 2.28 bits per heavy atom. The lowest BCUT2D eigenvalue weighted by atomic mass is 10.0. The Bertz CT molecular complexity index is 539. The molecule has 0 aliphatic carbocycles. The van der Waals surface area contributed by atoms with Crippen LogP contribution in [0, 0.1) is 5.82 Å². The number of rotatable bonds is 4. The number of hydrogen-bond donors (Lipinski definition) is 1. The van der Waals surface area contributed by atoms with Crippen LogP contribution in [0.4, 0.5) is 4.39 Å². The predicted octanol–water partition coefficient (Wildman–Crippen LogP) is 2.95. The zero-order valence-electron chi connectivity index (χ0n) is 10.1. The molecule has 1 heterocycles. The molecule has 0 fully saturated rings. The fraction of sp³-hybridized carbons (Fsp3) is 0.308. The molecule has 1 aromatic heterocycles. The Hall–Kier alpha value is -1.20. The molecule has 0 spiro atoms. The number of aryl methyl sites for hydroxylation is 2. The first-order valence-corrected chi connectivity index (χ1v) is 6.54. The quantitative estimate of drug-likeness (QED) is 0.943. The number of hydrogen-bond acceptors (Lipinski definition) is 2. The van der Waals surface area contributed by atoms with E-state index in [0.29, 0.717) is 4.47 Å². The first-order chi connectivity index (χ1) is 8.58. The third-order valence-corrected chi connectivity index (χ3v) is 3.58. The topological polar surface area (TPSA) is 43.8 Å². The van der Waals surface area contributed by atoms with Gasteiger partial charge in [-0.25, -0.2) is 9.37 Å². The van der Waals surface area contributed by atoms with Crippen LogP contribution >= 0.6 is 15.9 Å². The molecule has 0 saturated carbocycles. The summed E-state index contributed by atoms with van der Waals surface area (Å²) < 4.78 is 15.6. The van der Waals surface area contributed by atoms with Gasteiger partial charge >= 0.3 is 0 Å². The van der Waals surface area contributed by atoms with Gasteiger partial charge in [-0.2, -0.15) is 0 Å². The molecule has 2 rings (SSSR count). The average Bonchev–Trinajstić information content (AvgIpc) is 2.75. The van der Waals surface area contributed by atoms with E-state index in [2.05, 4.69) is 20.9 Å². The van der Waals surface area contributed by atoms with Gasteiger partial charge < -0.3 is 10.3 Å². The molecule has 18 heavy (non-hydrogen) atoms. The highest BCUT2D eigenvalue weighted by atomic mass is 79.9. The van der Waals surface area contributed by atoms with Gasteiger partial charge in [-0.3, -0.25) is 0 Å². The van der Waals surface area contributed by atoms with Crippen LogP contribution in [0.3, 0.4) is 0 Å². The summed E-state index contributed by atoms with van der Waals surface area (Å²) in [4.78, 5) is 4.25. The minimum atomic E-state index is -0.268. The van der Waals surface area contributed by atoms with Gasteiger partial charge in [-0.1, -0.05) is 6.07 Å². The van der Waals surface area contributed by atoms with E-state index < -0.39 is 0 Å². The van der Waals surface area contributed by atoms with Crippen LogP contribution < -0.4 is 5.73 Å². The fourth-order valence-electron chi connectivity index (χ4n) is 1.83. The van der Waals surface area contributed by atoms with Gasteiger partial charge in [0.15, 0.2) is 0 Å². The maximum Gasteiger partial charge on any atom is 0.137 e. The molecule has 1 atom stereocenters. The van der Waals surface area contributed by atoms with Crippen LogP contribution in [0.15, 0.2) is 35.1 Å². The lowest BCUT2D eigenvalue weighted by molar-refractivity contribution is 0.605. The molecule has 0 radical (unpaired) electrons. The number of nitrogens with two attached hydrogens (primary N) is 1. The lowest BCUT2D eigenvalue weighted by Gasteiger charge is -2.12. The molecule has 5 heteroatoms. The second-order valence-corrected chi connectivity index (χ2v) is 5.13. The molecule has 2 N–H and O–H groups in total. The summed E-state index contributed by atoms with van der Waals surface area (Å²) in [5.41, 5.74) is 7.03. The maximum absolute atomic E-state index is 13.1. The normalized spacial score (nSPS) is 12.7. The van der Waals surface area contributed by atoms with Crippen molar-refractivity contribution in [2.24, 2.45) is 12.8 Å². The van der Waals surface area contributed by atoms with E-state index in [1.54, 1.807) is 18.3 Å². The van der Waals surface area contributed by atoms with E-state index in [1.165, 1.54) is 6.07 Å². The van der Waals surface area contributed by atoms with E-state index in [4.69, 9.17) is 5.73 Å². The molecule has 3 nitrogen and oxygen atoms in total.